The van der Waals surface area contributed by atoms with Crippen molar-refractivity contribution in [3.63, 3.8) is 0 Å². The molecule has 1 aliphatic heterocycles. The molecule has 5 nitrogen and oxygen atoms in total. The van der Waals surface area contributed by atoms with Crippen molar-refractivity contribution in [2.45, 2.75) is 44.4 Å². The van der Waals surface area contributed by atoms with Gasteiger partial charge >= 0.3 is 0 Å². The molecule has 2 aliphatic rings. The van der Waals surface area contributed by atoms with Crippen molar-refractivity contribution < 1.29 is 19.0 Å². The molecule has 1 saturated carbocycles. The average Bonchev–Trinajstić information content (AvgIpc) is 3.36. The van der Waals surface area contributed by atoms with Crippen molar-refractivity contribution in [3.05, 3.63) is 59.7 Å². The Kier molecular flexibility index (Phi) is 5.58. The Morgan fingerprint density at radius 1 is 1.04 bits per heavy atom. The zero-order valence-electron chi connectivity index (χ0n) is 15.4. The Morgan fingerprint density at radius 3 is 2.63 bits per heavy atom. The Labute approximate surface area is 159 Å². The summed E-state index contributed by atoms with van der Waals surface area (Å²) in [7, 11) is 0. The van der Waals surface area contributed by atoms with E-state index in [2.05, 4.69) is 5.32 Å². The lowest BCUT2D eigenvalue weighted by molar-refractivity contribution is 0.0679. The number of carbonyl (C=O) groups excluding carboxylic acids is 1. The minimum atomic E-state index is -0.0318. The summed E-state index contributed by atoms with van der Waals surface area (Å²) in [4.78, 5) is 12.1. The quantitative estimate of drug-likeness (QED) is 0.773. The number of nitrogens with one attached hydrogen (secondary N) is 1. The summed E-state index contributed by atoms with van der Waals surface area (Å²) in [6.45, 7) is 1.89. The van der Waals surface area contributed by atoms with Crippen LogP contribution in [0.4, 0.5) is 0 Å². The van der Waals surface area contributed by atoms with Gasteiger partial charge in [-0.15, -0.1) is 0 Å². The summed E-state index contributed by atoms with van der Waals surface area (Å²) >= 11 is 0. The van der Waals surface area contributed by atoms with Crippen LogP contribution in [0.5, 0.6) is 11.5 Å². The smallest absolute Gasteiger partial charge is 0.251 e. The number of carbonyl (C=O) groups is 1. The second-order valence-electron chi connectivity index (χ2n) is 7.15. The summed E-state index contributed by atoms with van der Waals surface area (Å²) in [6, 6.07) is 15.6. The minimum absolute atomic E-state index is 0.0318. The third kappa shape index (κ3) is 5.23. The van der Waals surface area contributed by atoms with E-state index in [1.54, 1.807) is 6.07 Å². The highest BCUT2D eigenvalue weighted by molar-refractivity contribution is 5.94. The zero-order valence-corrected chi connectivity index (χ0v) is 15.4. The molecule has 5 heteroatoms. The maximum absolute atomic E-state index is 12.1. The van der Waals surface area contributed by atoms with Crippen molar-refractivity contribution >= 4 is 5.91 Å². The molecule has 0 radical (unpaired) electrons. The Bertz CT molecular complexity index is 764. The maximum Gasteiger partial charge on any atom is 0.251 e. The monoisotopic (exact) mass is 367 g/mol. The first-order chi connectivity index (χ1) is 13.3. The van der Waals surface area contributed by atoms with Crippen LogP contribution in [0.1, 0.15) is 41.6 Å². The topological polar surface area (TPSA) is 56.8 Å². The molecule has 1 amide bonds. The predicted molar refractivity (Wildman–Crippen MR) is 102 cm³/mol. The van der Waals surface area contributed by atoms with E-state index in [9.17, 15) is 4.79 Å². The van der Waals surface area contributed by atoms with Crippen LogP contribution in [-0.2, 0) is 11.3 Å². The van der Waals surface area contributed by atoms with Gasteiger partial charge in [0.15, 0.2) is 0 Å². The van der Waals surface area contributed by atoms with Crippen molar-refractivity contribution in [3.8, 4) is 11.5 Å². The van der Waals surface area contributed by atoms with Crippen molar-refractivity contribution in [1.29, 1.82) is 0 Å². The second-order valence-corrected chi connectivity index (χ2v) is 7.15. The van der Waals surface area contributed by atoms with Gasteiger partial charge in [-0.05, 0) is 61.6 Å². The highest BCUT2D eigenvalue weighted by Crippen LogP contribution is 2.21. The third-order valence-electron chi connectivity index (χ3n) is 4.80. The summed E-state index contributed by atoms with van der Waals surface area (Å²) in [5, 5.41) is 2.99. The summed E-state index contributed by atoms with van der Waals surface area (Å²) < 4.78 is 17.2. The fourth-order valence-electron chi connectivity index (χ4n) is 3.04. The van der Waals surface area contributed by atoms with Crippen LogP contribution in [-0.4, -0.2) is 31.3 Å². The van der Waals surface area contributed by atoms with E-state index in [0.717, 1.165) is 43.6 Å². The predicted octanol–water partition coefficient (Wildman–Crippen LogP) is 3.72. The molecule has 0 spiro atoms. The number of benzene rings is 2. The van der Waals surface area contributed by atoms with Crippen LogP contribution in [0.25, 0.3) is 0 Å². The van der Waals surface area contributed by atoms with Crippen LogP contribution in [0.3, 0.4) is 0 Å². The van der Waals surface area contributed by atoms with E-state index in [4.69, 9.17) is 14.2 Å². The number of amides is 1. The molecule has 2 aromatic carbocycles. The lowest BCUT2D eigenvalue weighted by atomic mass is 10.2. The van der Waals surface area contributed by atoms with Gasteiger partial charge in [-0.3, -0.25) is 4.79 Å². The molecule has 1 unspecified atom stereocenters. The van der Waals surface area contributed by atoms with Gasteiger partial charge in [0.2, 0.25) is 0 Å². The van der Waals surface area contributed by atoms with Crippen LogP contribution in [0.2, 0.25) is 0 Å². The first-order valence-corrected chi connectivity index (χ1v) is 9.63. The summed E-state index contributed by atoms with van der Waals surface area (Å²) in [5.74, 6) is 1.50. The van der Waals surface area contributed by atoms with Gasteiger partial charge in [0.25, 0.3) is 5.91 Å². The molecule has 4 rings (SSSR count). The summed E-state index contributed by atoms with van der Waals surface area (Å²) in [5.41, 5.74) is 1.68. The molecule has 1 aliphatic carbocycles. The van der Waals surface area contributed by atoms with E-state index in [0.29, 0.717) is 30.6 Å². The number of hydrogen-bond acceptors (Lipinski definition) is 4. The molecular weight excluding hydrogens is 342 g/mol. The van der Waals surface area contributed by atoms with Gasteiger partial charge in [0, 0.05) is 18.2 Å². The Morgan fingerprint density at radius 2 is 1.89 bits per heavy atom. The normalized spacial score (nSPS) is 18.9. The highest BCUT2D eigenvalue weighted by atomic mass is 16.5. The highest BCUT2D eigenvalue weighted by Gasteiger charge is 2.23. The maximum atomic E-state index is 12.1. The van der Waals surface area contributed by atoms with E-state index >= 15 is 0 Å². The van der Waals surface area contributed by atoms with Gasteiger partial charge in [-0.25, -0.2) is 0 Å². The van der Waals surface area contributed by atoms with Crippen LogP contribution in [0.15, 0.2) is 48.5 Å². The molecule has 0 aromatic heterocycles. The van der Waals surface area contributed by atoms with Gasteiger partial charge in [0.1, 0.15) is 24.7 Å². The lowest BCUT2D eigenvalue weighted by Crippen LogP contribution is -2.25. The fourth-order valence-corrected chi connectivity index (χ4v) is 3.04. The van der Waals surface area contributed by atoms with E-state index in [1.165, 1.54) is 0 Å². The second kappa shape index (κ2) is 8.44. The number of rotatable bonds is 8. The Balaban J connectivity index is 1.27. The fraction of sp³-hybridized carbons (Fsp3) is 0.409. The first kappa shape index (κ1) is 17.9. The molecule has 2 aromatic rings. The van der Waals surface area contributed by atoms with Crippen LogP contribution < -0.4 is 14.8 Å². The third-order valence-corrected chi connectivity index (χ3v) is 4.80. The summed E-state index contributed by atoms with van der Waals surface area (Å²) in [6.07, 6.45) is 4.57. The molecule has 2 fully saturated rings. The van der Waals surface area contributed by atoms with E-state index in [-0.39, 0.29) is 12.0 Å². The van der Waals surface area contributed by atoms with Gasteiger partial charge in [-0.1, -0.05) is 18.2 Å². The van der Waals surface area contributed by atoms with Crippen molar-refractivity contribution in [1.82, 2.24) is 5.32 Å². The van der Waals surface area contributed by atoms with E-state index < -0.39 is 0 Å². The standard InChI is InChI=1S/C22H25NO4/c24-22(23-18-8-9-18)17-3-1-4-20(13-17)26-14-16-6-10-19(11-7-16)27-15-21-5-2-12-25-21/h1,3-4,6-7,10-11,13,18,21H,2,5,8-9,12,14-15H2,(H,23,24). The minimum Gasteiger partial charge on any atom is -0.491 e. The van der Waals surface area contributed by atoms with Gasteiger partial charge < -0.3 is 19.5 Å². The first-order valence-electron chi connectivity index (χ1n) is 9.63. The molecule has 27 heavy (non-hydrogen) atoms. The SMILES string of the molecule is O=C(NC1CC1)c1cccc(OCc2ccc(OCC3CCCO3)cc2)c1. The number of hydrogen-bond donors (Lipinski definition) is 1. The number of ether oxygens (including phenoxy) is 3. The van der Waals surface area contributed by atoms with E-state index in [1.807, 2.05) is 42.5 Å². The van der Waals surface area contributed by atoms with Crippen LogP contribution in [0, 0.1) is 0 Å². The zero-order chi connectivity index (χ0) is 18.5. The molecule has 1 saturated heterocycles. The molecule has 1 N–H and O–H groups in total. The van der Waals surface area contributed by atoms with Gasteiger partial charge in [0.05, 0.1) is 6.10 Å². The molecule has 1 heterocycles. The van der Waals surface area contributed by atoms with Gasteiger partial charge in [-0.2, -0.15) is 0 Å². The molecule has 1 atom stereocenters. The Hall–Kier alpha value is -2.53. The van der Waals surface area contributed by atoms with Crippen molar-refractivity contribution in [2.24, 2.45) is 0 Å². The molecule has 0 bridgehead atoms. The molecule has 142 valence electrons. The van der Waals surface area contributed by atoms with Crippen LogP contribution >= 0.6 is 0 Å². The largest absolute Gasteiger partial charge is 0.491 e. The lowest BCUT2D eigenvalue weighted by Gasteiger charge is -2.12. The average molecular weight is 367 g/mol. The van der Waals surface area contributed by atoms with Crippen molar-refractivity contribution in [2.75, 3.05) is 13.2 Å². The molecular formula is C22H25NO4.